The summed E-state index contributed by atoms with van der Waals surface area (Å²) >= 11 is 0. The van der Waals surface area contributed by atoms with Gasteiger partial charge < -0.3 is 9.47 Å². The van der Waals surface area contributed by atoms with Crippen LogP contribution in [0.4, 0.5) is 0 Å². The van der Waals surface area contributed by atoms with Crippen LogP contribution in [0.2, 0.25) is 0 Å². The molecule has 0 aromatic carbocycles. The van der Waals surface area contributed by atoms with Crippen molar-refractivity contribution in [2.75, 3.05) is 13.7 Å². The van der Waals surface area contributed by atoms with Crippen LogP contribution in [0.3, 0.4) is 0 Å². The number of hydrogen-bond donors (Lipinski definition) is 0. The van der Waals surface area contributed by atoms with Crippen LogP contribution in [0.25, 0.3) is 0 Å². The zero-order valence-electron chi connectivity index (χ0n) is 12.4. The Bertz CT molecular complexity index is 256. The van der Waals surface area contributed by atoms with Crippen molar-refractivity contribution in [2.45, 2.75) is 64.9 Å². The lowest BCUT2D eigenvalue weighted by Gasteiger charge is -2.25. The van der Waals surface area contributed by atoms with Crippen molar-refractivity contribution in [3.05, 3.63) is 12.2 Å². The van der Waals surface area contributed by atoms with Gasteiger partial charge in [0.25, 0.3) is 0 Å². The monoisotopic (exact) mass is 256 g/mol. The number of rotatable bonds is 10. The minimum atomic E-state index is -0.417. The number of carbonyl (C=O) groups is 1. The molecule has 0 bridgehead atoms. The number of hydrogen-bond acceptors (Lipinski definition) is 3. The number of carbonyl (C=O) groups excluding carboxylic acids is 1. The van der Waals surface area contributed by atoms with Gasteiger partial charge in [-0.05, 0) is 26.7 Å². The van der Waals surface area contributed by atoms with E-state index >= 15 is 0 Å². The second-order valence-electron chi connectivity index (χ2n) is 5.35. The normalized spacial score (nSPS) is 11.3. The molecule has 0 unspecified atom stereocenters. The Hall–Kier alpha value is -0.830. The second-order valence-corrected chi connectivity index (χ2v) is 5.35. The van der Waals surface area contributed by atoms with Gasteiger partial charge in [-0.15, -0.1) is 0 Å². The summed E-state index contributed by atoms with van der Waals surface area (Å²) in [6.07, 6.45) is 6.98. The number of ether oxygens (including phenoxy) is 2. The lowest BCUT2D eigenvalue weighted by Crippen LogP contribution is -2.29. The van der Waals surface area contributed by atoms with E-state index in [0.29, 0.717) is 5.57 Å². The zero-order chi connectivity index (χ0) is 14.0. The molecule has 0 aromatic rings. The first-order valence-corrected chi connectivity index (χ1v) is 6.83. The van der Waals surface area contributed by atoms with Gasteiger partial charge in [0.2, 0.25) is 0 Å². The molecule has 0 rings (SSSR count). The average molecular weight is 256 g/mol. The van der Waals surface area contributed by atoms with E-state index in [1.807, 2.05) is 13.8 Å². The molecular weight excluding hydrogens is 228 g/mol. The van der Waals surface area contributed by atoms with Crippen LogP contribution in [0.15, 0.2) is 12.2 Å². The number of esters is 1. The predicted octanol–water partition coefficient (Wildman–Crippen LogP) is 3.87. The van der Waals surface area contributed by atoms with E-state index in [-0.39, 0.29) is 12.6 Å². The van der Waals surface area contributed by atoms with Gasteiger partial charge in [0.1, 0.15) is 5.60 Å². The molecule has 3 nitrogen and oxygen atoms in total. The van der Waals surface area contributed by atoms with E-state index in [0.717, 1.165) is 12.8 Å². The molecule has 0 saturated carbocycles. The fraction of sp³-hybridized carbons (Fsp3) is 0.800. The molecule has 0 saturated heterocycles. The van der Waals surface area contributed by atoms with Gasteiger partial charge in [0.05, 0.1) is 12.2 Å². The molecule has 0 amide bonds. The molecule has 0 fully saturated rings. The highest BCUT2D eigenvalue weighted by molar-refractivity contribution is 5.88. The highest BCUT2D eigenvalue weighted by Gasteiger charge is 2.23. The van der Waals surface area contributed by atoms with Gasteiger partial charge in [-0.1, -0.05) is 39.2 Å². The topological polar surface area (TPSA) is 35.5 Å². The van der Waals surface area contributed by atoms with Crippen LogP contribution in [0, 0.1) is 0 Å². The first-order chi connectivity index (χ1) is 8.43. The predicted molar refractivity (Wildman–Crippen MR) is 74.6 cm³/mol. The fourth-order valence-corrected chi connectivity index (χ4v) is 1.76. The Morgan fingerprint density at radius 1 is 1.17 bits per heavy atom. The van der Waals surface area contributed by atoms with Gasteiger partial charge in [0.15, 0.2) is 0 Å². The maximum Gasteiger partial charge on any atom is 0.336 e. The molecule has 0 aromatic heterocycles. The molecule has 106 valence electrons. The van der Waals surface area contributed by atoms with Crippen molar-refractivity contribution in [3.63, 3.8) is 0 Å². The zero-order valence-corrected chi connectivity index (χ0v) is 12.4. The minimum Gasteiger partial charge on any atom is -0.456 e. The van der Waals surface area contributed by atoms with Crippen molar-refractivity contribution in [2.24, 2.45) is 0 Å². The third-order valence-corrected chi connectivity index (χ3v) is 2.86. The third kappa shape index (κ3) is 8.29. The summed E-state index contributed by atoms with van der Waals surface area (Å²) < 4.78 is 10.3. The molecule has 0 heterocycles. The Balaban J connectivity index is 3.91. The molecule has 3 heteroatoms. The van der Waals surface area contributed by atoms with E-state index < -0.39 is 5.60 Å². The number of unbranched alkanes of at least 4 members (excludes halogenated alkanes) is 4. The standard InChI is InChI=1S/C15H28O3/c1-6-7-8-9-10-11-15(3,4)18-14(16)13(2)12-17-5/h2,6-12H2,1,3-5H3. The maximum absolute atomic E-state index is 11.7. The largest absolute Gasteiger partial charge is 0.456 e. The first-order valence-electron chi connectivity index (χ1n) is 6.83. The van der Waals surface area contributed by atoms with E-state index in [1.165, 1.54) is 32.8 Å². The summed E-state index contributed by atoms with van der Waals surface area (Å²) in [7, 11) is 1.54. The molecular formula is C15H28O3. The van der Waals surface area contributed by atoms with E-state index in [2.05, 4.69) is 13.5 Å². The van der Waals surface area contributed by atoms with Crippen LogP contribution in [-0.4, -0.2) is 25.3 Å². The van der Waals surface area contributed by atoms with Gasteiger partial charge >= 0.3 is 5.97 Å². The van der Waals surface area contributed by atoms with Crippen molar-refractivity contribution in [1.29, 1.82) is 0 Å². The molecule has 0 aliphatic heterocycles. The van der Waals surface area contributed by atoms with Crippen molar-refractivity contribution < 1.29 is 14.3 Å². The van der Waals surface area contributed by atoms with Crippen molar-refractivity contribution >= 4 is 5.97 Å². The van der Waals surface area contributed by atoms with Crippen LogP contribution >= 0.6 is 0 Å². The second kappa shape index (κ2) is 9.15. The van der Waals surface area contributed by atoms with Gasteiger partial charge in [-0.2, -0.15) is 0 Å². The third-order valence-electron chi connectivity index (χ3n) is 2.86. The Kier molecular flexibility index (Phi) is 8.73. The highest BCUT2D eigenvalue weighted by atomic mass is 16.6. The average Bonchev–Trinajstić information content (AvgIpc) is 2.28. The van der Waals surface area contributed by atoms with Gasteiger partial charge in [0, 0.05) is 7.11 Å². The van der Waals surface area contributed by atoms with Crippen LogP contribution in [0.1, 0.15) is 59.3 Å². The smallest absolute Gasteiger partial charge is 0.336 e. The highest BCUT2D eigenvalue weighted by Crippen LogP contribution is 2.20. The van der Waals surface area contributed by atoms with Crippen LogP contribution < -0.4 is 0 Å². The molecule has 0 N–H and O–H groups in total. The molecule has 0 atom stereocenters. The van der Waals surface area contributed by atoms with Crippen LogP contribution in [0.5, 0.6) is 0 Å². The summed E-state index contributed by atoms with van der Waals surface area (Å²) in [6.45, 7) is 9.98. The Morgan fingerprint density at radius 3 is 2.33 bits per heavy atom. The Morgan fingerprint density at radius 2 is 1.78 bits per heavy atom. The minimum absolute atomic E-state index is 0.228. The van der Waals surface area contributed by atoms with Crippen molar-refractivity contribution in [3.8, 4) is 0 Å². The first kappa shape index (κ1) is 17.2. The van der Waals surface area contributed by atoms with E-state index in [1.54, 1.807) is 0 Å². The summed E-state index contributed by atoms with van der Waals surface area (Å²) in [4.78, 5) is 11.7. The van der Waals surface area contributed by atoms with Gasteiger partial charge in [-0.3, -0.25) is 0 Å². The Labute approximate surface area is 112 Å². The summed E-state index contributed by atoms with van der Waals surface area (Å²) in [5, 5.41) is 0. The summed E-state index contributed by atoms with van der Waals surface area (Å²) in [5.74, 6) is -0.351. The summed E-state index contributed by atoms with van der Waals surface area (Å²) in [5.41, 5.74) is -0.0449. The van der Waals surface area contributed by atoms with E-state index in [4.69, 9.17) is 9.47 Å². The van der Waals surface area contributed by atoms with Gasteiger partial charge in [-0.25, -0.2) is 4.79 Å². The number of methoxy groups -OCH3 is 1. The molecule has 0 aliphatic carbocycles. The quantitative estimate of drug-likeness (QED) is 0.338. The van der Waals surface area contributed by atoms with Crippen LogP contribution in [-0.2, 0) is 14.3 Å². The lowest BCUT2D eigenvalue weighted by atomic mass is 9.99. The molecule has 18 heavy (non-hydrogen) atoms. The lowest BCUT2D eigenvalue weighted by molar-refractivity contribution is -0.152. The maximum atomic E-state index is 11.7. The molecule has 0 radical (unpaired) electrons. The van der Waals surface area contributed by atoms with E-state index in [9.17, 15) is 4.79 Å². The SMILES string of the molecule is C=C(COC)C(=O)OC(C)(C)CCCCCCC. The van der Waals surface area contributed by atoms with Crippen molar-refractivity contribution in [1.82, 2.24) is 0 Å². The summed E-state index contributed by atoms with van der Waals surface area (Å²) in [6, 6.07) is 0. The molecule has 0 aliphatic rings. The fourth-order valence-electron chi connectivity index (χ4n) is 1.76. The molecule has 0 spiro atoms.